The van der Waals surface area contributed by atoms with E-state index in [2.05, 4.69) is 0 Å². The summed E-state index contributed by atoms with van der Waals surface area (Å²) in [6.45, 7) is 2.03. The summed E-state index contributed by atoms with van der Waals surface area (Å²) in [6.07, 6.45) is 0. The molecule has 0 radical (unpaired) electrons. The van der Waals surface area contributed by atoms with Gasteiger partial charge in [0.2, 0.25) is 0 Å². The Hall–Kier alpha value is 0.501. The molecule has 2 rings (SSSR count). The van der Waals surface area contributed by atoms with Crippen molar-refractivity contribution in [2.45, 2.75) is 6.55 Å². The normalized spacial score (nSPS) is 6.75. The molecule has 0 nitrogen and oxygen atoms in total. The summed E-state index contributed by atoms with van der Waals surface area (Å²) >= 11 is 7.41. The maximum Gasteiger partial charge on any atom is -0.172 e. The fraction of sp³-hybridized carbons (Fsp3) is 0.0909. The van der Waals surface area contributed by atoms with Crippen molar-refractivity contribution in [3.05, 3.63) is 60.7 Å². The van der Waals surface area contributed by atoms with Crippen LogP contribution in [0.15, 0.2) is 60.7 Å². The summed E-state index contributed by atoms with van der Waals surface area (Å²) in [4.78, 5) is 0. The van der Waals surface area contributed by atoms with E-state index in [0.29, 0.717) is 0 Å². The molecule has 2 aromatic carbocycles. The van der Waals surface area contributed by atoms with Crippen molar-refractivity contribution in [2.75, 3.05) is 0 Å². The van der Waals surface area contributed by atoms with E-state index in [0.717, 1.165) is 0 Å². The van der Waals surface area contributed by atoms with Crippen LogP contribution >= 0.6 is 11.1 Å². The Labute approximate surface area is 127 Å². The van der Waals surface area contributed by atoms with E-state index in [-0.39, 0.29) is 24.8 Å². The van der Waals surface area contributed by atoms with Gasteiger partial charge >= 0.3 is 42.3 Å². The summed E-state index contributed by atoms with van der Waals surface area (Å²) in [7, 11) is 0. The van der Waals surface area contributed by atoms with Gasteiger partial charge in [0.25, 0.3) is 0 Å². The molecular weight excluding hydrogens is 314 g/mol. The van der Waals surface area contributed by atoms with Gasteiger partial charge in [-0.05, 0) is 0 Å². The molecule has 0 bridgehead atoms. The Morgan fingerprint density at radius 3 is 1.12 bits per heavy atom. The maximum absolute atomic E-state index is 5.38. The zero-order valence-electron chi connectivity index (χ0n) is 8.91. The number of hydrogen-bond acceptors (Lipinski definition) is 0. The molecule has 0 unspecified atom stereocenters. The van der Waals surface area contributed by atoms with Crippen LogP contribution in [0, 0.1) is 0 Å². The first kappa shape index (κ1) is 21.8. The van der Waals surface area contributed by atoms with Crippen molar-refractivity contribution >= 4 is 16.6 Å². The number of rotatable bonds is 0. The molecule has 0 N–H and O–H groups in total. The van der Waals surface area contributed by atoms with E-state index >= 15 is 0 Å². The Balaban J connectivity index is -0.000000151. The van der Waals surface area contributed by atoms with Crippen LogP contribution in [-0.2, 0) is 19.2 Å². The number of hydrogen-bond donors (Lipinski definition) is 0. The predicted molar refractivity (Wildman–Crippen MR) is 61.5 cm³/mol. The zero-order valence-corrected chi connectivity index (χ0v) is 13.7. The van der Waals surface area contributed by atoms with Gasteiger partial charge < -0.3 is 24.8 Å². The van der Waals surface area contributed by atoms with Gasteiger partial charge in [-0.25, -0.2) is 24.3 Å². The molecule has 0 saturated heterocycles. The molecular formula is C11H13Cl3SiTi-2. The Bertz CT molecular complexity index is 228. The van der Waals surface area contributed by atoms with Gasteiger partial charge in [0, 0.05) is 0 Å². The van der Waals surface area contributed by atoms with Crippen LogP contribution < -0.4 is 24.8 Å². The van der Waals surface area contributed by atoms with Crippen LogP contribution in [0.25, 0.3) is 0 Å². The standard InChI is InChI=1S/2C5H5.CH3ClSi.2ClH.Ti/c2*1-2-4-5-3-1;1-3-2;;;/h2*1-5H;1H3;2*1H;/q2*-1;;;;+2/p-2. The first-order valence-corrected chi connectivity index (χ1v) is 9.63. The van der Waals surface area contributed by atoms with E-state index in [1.54, 1.807) is 0 Å². The summed E-state index contributed by atoms with van der Waals surface area (Å²) in [5.74, 6) is 0. The van der Waals surface area contributed by atoms with Gasteiger partial charge in [-0.15, -0.1) is 0 Å². The van der Waals surface area contributed by atoms with E-state index in [4.69, 9.17) is 11.1 Å². The molecule has 0 aliphatic heterocycles. The van der Waals surface area contributed by atoms with Gasteiger partial charge in [0.15, 0.2) is 0 Å². The fourth-order valence-electron chi connectivity index (χ4n) is 0.642. The van der Waals surface area contributed by atoms with Crippen molar-refractivity contribution in [1.82, 2.24) is 0 Å². The van der Waals surface area contributed by atoms with Crippen LogP contribution in [0.4, 0.5) is 0 Å². The van der Waals surface area contributed by atoms with Crippen LogP contribution in [-0.4, -0.2) is 5.50 Å². The van der Waals surface area contributed by atoms with Gasteiger partial charge in [-0.3, -0.25) is 0 Å². The van der Waals surface area contributed by atoms with Crippen LogP contribution in [0.1, 0.15) is 0 Å². The second-order valence-corrected chi connectivity index (χ2v) is 10.2. The van der Waals surface area contributed by atoms with Crippen molar-refractivity contribution < 1.29 is 44.0 Å². The third kappa shape index (κ3) is 24.0. The average molecular weight is 328 g/mol. The quantitative estimate of drug-likeness (QED) is 0.290. The van der Waals surface area contributed by atoms with Gasteiger partial charge in [0.05, 0.1) is 0 Å². The summed E-state index contributed by atoms with van der Waals surface area (Å²) in [6, 6.07) is 20.0. The van der Waals surface area contributed by atoms with E-state index in [9.17, 15) is 0 Å². The molecule has 0 atom stereocenters. The third-order valence-corrected chi connectivity index (χ3v) is 1.11. The minimum absolute atomic E-state index is 0. The first-order valence-electron chi connectivity index (χ1n) is 4.27. The molecule has 0 spiro atoms. The summed E-state index contributed by atoms with van der Waals surface area (Å²) in [5.41, 5.74) is -0.407. The zero-order chi connectivity index (χ0) is 10.6. The topological polar surface area (TPSA) is 0 Å². The van der Waals surface area contributed by atoms with Crippen molar-refractivity contribution in [2.24, 2.45) is 0 Å². The molecule has 0 heterocycles. The molecule has 2 aromatic rings. The molecule has 0 saturated carbocycles. The summed E-state index contributed by atoms with van der Waals surface area (Å²) < 4.78 is 0. The predicted octanol–water partition coefficient (Wildman–Crippen LogP) is -2.29. The maximum atomic E-state index is 5.38. The van der Waals surface area contributed by atoms with Gasteiger partial charge in [-0.1, -0.05) is 0 Å². The number of halogens is 3. The molecule has 16 heavy (non-hydrogen) atoms. The minimum Gasteiger partial charge on any atom is -1.00 e. The molecule has 0 aromatic heterocycles. The molecule has 0 aliphatic rings. The first-order chi connectivity index (χ1) is 6.73. The SMILES string of the molecule is C[Si](Cl)=[Ti+2].[Cl-].[Cl-].c1cc[cH-]c1.c1cc[cH-]c1. The Kier molecular flexibility index (Phi) is 24.3. The largest absolute Gasteiger partial charge is 1.00 e. The van der Waals surface area contributed by atoms with E-state index < -0.39 is 5.50 Å². The summed E-state index contributed by atoms with van der Waals surface area (Å²) in [5, 5.41) is 0. The van der Waals surface area contributed by atoms with Gasteiger partial charge in [0.1, 0.15) is 0 Å². The van der Waals surface area contributed by atoms with E-state index in [1.165, 1.54) is 0 Å². The second-order valence-electron chi connectivity index (χ2n) is 2.46. The van der Waals surface area contributed by atoms with Crippen molar-refractivity contribution in [3.8, 4) is 0 Å². The minimum atomic E-state index is -0.407. The molecule has 0 fully saturated rings. The van der Waals surface area contributed by atoms with Crippen molar-refractivity contribution in [1.29, 1.82) is 0 Å². The second kappa shape index (κ2) is 17.9. The van der Waals surface area contributed by atoms with Crippen LogP contribution in [0.5, 0.6) is 0 Å². The monoisotopic (exact) mass is 326 g/mol. The molecule has 88 valence electrons. The van der Waals surface area contributed by atoms with E-state index in [1.807, 2.05) is 86.4 Å². The Morgan fingerprint density at radius 1 is 0.875 bits per heavy atom. The smallest absolute Gasteiger partial charge is 0.172 e. The Morgan fingerprint density at radius 2 is 1.06 bits per heavy atom. The van der Waals surface area contributed by atoms with Gasteiger partial charge in [-0.2, -0.15) is 36.4 Å². The van der Waals surface area contributed by atoms with Crippen LogP contribution in [0.3, 0.4) is 0 Å². The van der Waals surface area contributed by atoms with Crippen molar-refractivity contribution in [3.63, 3.8) is 0 Å². The van der Waals surface area contributed by atoms with Crippen LogP contribution in [0.2, 0.25) is 6.55 Å². The molecule has 0 amide bonds. The fourth-order valence-corrected chi connectivity index (χ4v) is 0.642. The third-order valence-electron chi connectivity index (χ3n) is 1.11. The molecule has 0 aliphatic carbocycles. The average Bonchev–Trinajstić information content (AvgIpc) is 2.83. The molecule has 5 heteroatoms.